The number of hydrogen-bond donors (Lipinski definition) is 2. The molecule has 1 aliphatic rings. The van der Waals surface area contributed by atoms with E-state index in [1.165, 1.54) is 6.07 Å². The van der Waals surface area contributed by atoms with Crippen LogP contribution in [0.25, 0.3) is 16.8 Å². The number of nitrogen functional groups attached to an aromatic ring is 2. The van der Waals surface area contributed by atoms with Gasteiger partial charge in [-0.25, -0.2) is 0 Å². The average molecular weight is 511 g/mol. The van der Waals surface area contributed by atoms with Gasteiger partial charge in [-0.2, -0.15) is 22.8 Å². The largest absolute Gasteiger partial charge is 0.490 e. The van der Waals surface area contributed by atoms with Crippen LogP contribution >= 0.6 is 11.6 Å². The van der Waals surface area contributed by atoms with Gasteiger partial charge < -0.3 is 25.8 Å². The quantitative estimate of drug-likeness (QED) is 0.489. The van der Waals surface area contributed by atoms with Crippen LogP contribution in [0.15, 0.2) is 36.4 Å². The Morgan fingerprint density at radius 2 is 1.80 bits per heavy atom. The topological polar surface area (TPSA) is 104 Å². The van der Waals surface area contributed by atoms with Crippen LogP contribution in [0.4, 0.5) is 25.1 Å². The lowest BCUT2D eigenvalue weighted by Gasteiger charge is -2.31. The summed E-state index contributed by atoms with van der Waals surface area (Å²) in [6, 6.07) is 8.73. The van der Waals surface area contributed by atoms with Crippen LogP contribution in [-0.2, 0) is 10.9 Å². The van der Waals surface area contributed by atoms with E-state index in [9.17, 15) is 13.2 Å². The molecule has 0 bridgehead atoms. The molecule has 4 N–H and O–H groups in total. The van der Waals surface area contributed by atoms with Gasteiger partial charge in [-0.15, -0.1) is 5.10 Å². The molecular formula is C23H26ClF3N6O2. The van der Waals surface area contributed by atoms with Crippen molar-refractivity contribution in [2.45, 2.75) is 25.1 Å². The van der Waals surface area contributed by atoms with Gasteiger partial charge >= 0.3 is 6.18 Å². The number of nitrogens with two attached hydrogens (primary N) is 2. The van der Waals surface area contributed by atoms with E-state index in [2.05, 4.69) is 15.0 Å². The number of likely N-dealkylation sites (tertiary alicyclic amines) is 1. The van der Waals surface area contributed by atoms with Gasteiger partial charge in [-0.3, -0.25) is 0 Å². The highest BCUT2D eigenvalue weighted by atomic mass is 35.5. The molecule has 2 aromatic carbocycles. The van der Waals surface area contributed by atoms with Crippen LogP contribution in [-0.4, -0.2) is 59.1 Å². The normalized spacial score (nSPS) is 15.5. The Morgan fingerprint density at radius 3 is 2.37 bits per heavy atom. The molecule has 0 aliphatic carbocycles. The van der Waals surface area contributed by atoms with Crippen molar-refractivity contribution >= 4 is 23.5 Å². The summed E-state index contributed by atoms with van der Waals surface area (Å²) in [5.41, 5.74) is 10.5. The first-order valence-electron chi connectivity index (χ1n) is 11.0. The third kappa shape index (κ3) is 5.80. The molecule has 0 spiro atoms. The van der Waals surface area contributed by atoms with Gasteiger partial charge in [0.25, 0.3) is 0 Å². The number of rotatable bonds is 7. The van der Waals surface area contributed by atoms with Crippen molar-refractivity contribution in [2.75, 3.05) is 44.8 Å². The maximum absolute atomic E-state index is 14.0. The number of halogens is 4. The SMILES string of the molecule is COCCN1CCC(Oc2ccc(-c3c(Cl)cc(-n4nc(N)nc4N)cc3C(F)(F)F)cc2)CC1. The average Bonchev–Trinajstić information content (AvgIpc) is 3.16. The number of ether oxygens (including phenoxy) is 2. The number of benzene rings is 2. The molecule has 0 atom stereocenters. The number of methoxy groups -OCH3 is 1. The van der Waals surface area contributed by atoms with Crippen LogP contribution in [0.5, 0.6) is 5.75 Å². The van der Waals surface area contributed by atoms with Gasteiger partial charge in [-0.05, 0) is 42.7 Å². The van der Waals surface area contributed by atoms with E-state index < -0.39 is 11.7 Å². The number of piperidine rings is 1. The Balaban J connectivity index is 1.55. The molecule has 4 rings (SSSR count). The van der Waals surface area contributed by atoms with E-state index in [1.807, 2.05) is 0 Å². The number of hydrogen-bond acceptors (Lipinski definition) is 7. The molecule has 0 amide bonds. The van der Waals surface area contributed by atoms with Crippen LogP contribution in [0.2, 0.25) is 5.02 Å². The van der Waals surface area contributed by atoms with Crippen LogP contribution < -0.4 is 16.2 Å². The lowest BCUT2D eigenvalue weighted by atomic mass is 9.98. The van der Waals surface area contributed by atoms with Crippen LogP contribution in [0.3, 0.4) is 0 Å². The van der Waals surface area contributed by atoms with Gasteiger partial charge in [0, 0.05) is 32.3 Å². The van der Waals surface area contributed by atoms with Gasteiger partial charge in [0.15, 0.2) is 0 Å². The first kappa shape index (κ1) is 25.1. The smallest absolute Gasteiger partial charge is 0.417 e. The zero-order chi connectivity index (χ0) is 25.2. The summed E-state index contributed by atoms with van der Waals surface area (Å²) in [6.45, 7) is 3.39. The Bertz CT molecular complexity index is 1160. The van der Waals surface area contributed by atoms with E-state index >= 15 is 0 Å². The highest BCUT2D eigenvalue weighted by Crippen LogP contribution is 2.43. The number of nitrogens with zero attached hydrogens (tertiary/aromatic N) is 4. The summed E-state index contributed by atoms with van der Waals surface area (Å²) in [4.78, 5) is 6.04. The molecule has 1 saturated heterocycles. The number of aromatic nitrogens is 3. The van der Waals surface area contributed by atoms with Gasteiger partial charge in [0.2, 0.25) is 11.9 Å². The second kappa shape index (κ2) is 10.3. The third-order valence-electron chi connectivity index (χ3n) is 5.87. The molecule has 2 heterocycles. The van der Waals surface area contributed by atoms with E-state index in [4.69, 9.17) is 32.5 Å². The molecule has 8 nitrogen and oxygen atoms in total. The standard InChI is InChI=1S/C23H26ClF3N6O2/c1-34-11-10-32-8-6-17(7-9-32)35-16-4-2-14(3-5-16)20-18(23(25,26)27)12-15(13-19(20)24)33-22(29)30-21(28)31-33/h2-5,12-13,17H,6-11H2,1H3,(H4,28,29,30,31). The maximum atomic E-state index is 14.0. The van der Waals surface area contributed by atoms with Crippen molar-refractivity contribution in [1.29, 1.82) is 0 Å². The van der Waals surface area contributed by atoms with Crippen molar-refractivity contribution < 1.29 is 22.6 Å². The predicted molar refractivity (Wildman–Crippen MR) is 128 cm³/mol. The minimum atomic E-state index is -4.68. The van der Waals surface area contributed by atoms with Crippen molar-refractivity contribution in [3.05, 3.63) is 47.0 Å². The van der Waals surface area contributed by atoms with Crippen LogP contribution in [0.1, 0.15) is 18.4 Å². The van der Waals surface area contributed by atoms with Crippen molar-refractivity contribution in [3.8, 4) is 22.6 Å². The highest BCUT2D eigenvalue weighted by Gasteiger charge is 2.36. The minimum Gasteiger partial charge on any atom is -0.490 e. The lowest BCUT2D eigenvalue weighted by molar-refractivity contribution is -0.137. The van der Waals surface area contributed by atoms with Crippen molar-refractivity contribution in [1.82, 2.24) is 19.7 Å². The molecule has 1 aliphatic heterocycles. The fraction of sp³-hybridized carbons (Fsp3) is 0.391. The maximum Gasteiger partial charge on any atom is 0.417 e. The molecule has 12 heteroatoms. The van der Waals surface area contributed by atoms with Crippen molar-refractivity contribution in [3.63, 3.8) is 0 Å². The summed E-state index contributed by atoms with van der Waals surface area (Å²) in [6.07, 6.45) is -2.89. The minimum absolute atomic E-state index is 0.00423. The lowest BCUT2D eigenvalue weighted by Crippen LogP contribution is -2.39. The number of alkyl halides is 3. The van der Waals surface area contributed by atoms with E-state index in [-0.39, 0.29) is 34.3 Å². The van der Waals surface area contributed by atoms with E-state index in [1.54, 1.807) is 31.4 Å². The van der Waals surface area contributed by atoms with E-state index in [0.717, 1.165) is 43.2 Å². The van der Waals surface area contributed by atoms with Crippen molar-refractivity contribution in [2.24, 2.45) is 0 Å². The molecule has 188 valence electrons. The molecule has 35 heavy (non-hydrogen) atoms. The first-order valence-corrected chi connectivity index (χ1v) is 11.4. The predicted octanol–water partition coefficient (Wildman–Crippen LogP) is 4.26. The molecule has 0 radical (unpaired) electrons. The fourth-order valence-corrected chi connectivity index (χ4v) is 4.45. The second-order valence-corrected chi connectivity index (χ2v) is 8.67. The molecular weight excluding hydrogens is 485 g/mol. The highest BCUT2D eigenvalue weighted by molar-refractivity contribution is 6.33. The van der Waals surface area contributed by atoms with Gasteiger partial charge in [0.05, 0.1) is 22.9 Å². The fourth-order valence-electron chi connectivity index (χ4n) is 4.13. The summed E-state index contributed by atoms with van der Waals surface area (Å²) < 4.78 is 54.2. The Hall–Kier alpha value is -3.02. The molecule has 3 aromatic rings. The van der Waals surface area contributed by atoms with E-state index in [0.29, 0.717) is 17.9 Å². The van der Waals surface area contributed by atoms with Gasteiger partial charge in [-0.1, -0.05) is 23.7 Å². The molecule has 0 saturated carbocycles. The monoisotopic (exact) mass is 510 g/mol. The van der Waals surface area contributed by atoms with Gasteiger partial charge in [0.1, 0.15) is 11.9 Å². The van der Waals surface area contributed by atoms with Crippen LogP contribution in [0, 0.1) is 0 Å². The molecule has 0 unspecified atom stereocenters. The third-order valence-corrected chi connectivity index (χ3v) is 6.16. The molecule has 1 fully saturated rings. The number of anilines is 2. The second-order valence-electron chi connectivity index (χ2n) is 8.26. The Labute approximate surface area is 205 Å². The zero-order valence-corrected chi connectivity index (χ0v) is 19.8. The first-order chi connectivity index (χ1) is 16.7. The Kier molecular flexibility index (Phi) is 7.39. The molecule has 1 aromatic heterocycles. The summed E-state index contributed by atoms with van der Waals surface area (Å²) in [7, 11) is 1.68. The summed E-state index contributed by atoms with van der Waals surface area (Å²) in [5.74, 6) is 0.286. The summed E-state index contributed by atoms with van der Waals surface area (Å²) >= 11 is 6.35. The zero-order valence-electron chi connectivity index (χ0n) is 19.1. The summed E-state index contributed by atoms with van der Waals surface area (Å²) in [5, 5.41) is 3.73. The Morgan fingerprint density at radius 1 is 1.11 bits per heavy atom.